The van der Waals surface area contributed by atoms with Crippen molar-refractivity contribution >= 4 is 11.6 Å². The third-order valence-corrected chi connectivity index (χ3v) is 4.10. The monoisotopic (exact) mass is 260 g/mol. The van der Waals surface area contributed by atoms with Gasteiger partial charge in [-0.2, -0.15) is 0 Å². The summed E-state index contributed by atoms with van der Waals surface area (Å²) >= 11 is 0. The third kappa shape index (κ3) is 2.67. The fourth-order valence-electron chi connectivity index (χ4n) is 2.45. The molecule has 2 fully saturated rings. The lowest BCUT2D eigenvalue weighted by Gasteiger charge is -2.26. The number of nitrogen functional groups attached to an aromatic ring is 1. The lowest BCUT2D eigenvalue weighted by atomic mass is 10.2. The van der Waals surface area contributed by atoms with Crippen molar-refractivity contribution in [2.75, 3.05) is 17.2 Å². The number of anilines is 2. The first-order valence-corrected chi connectivity index (χ1v) is 7.47. The number of hydrogen-bond donors (Lipinski definition) is 1. The van der Waals surface area contributed by atoms with E-state index in [0.29, 0.717) is 17.8 Å². The van der Waals surface area contributed by atoms with Gasteiger partial charge in [-0.05, 0) is 38.5 Å². The summed E-state index contributed by atoms with van der Waals surface area (Å²) in [5.41, 5.74) is 7.14. The van der Waals surface area contributed by atoms with E-state index in [1.807, 2.05) is 0 Å². The zero-order valence-corrected chi connectivity index (χ0v) is 12.2. The van der Waals surface area contributed by atoms with Gasteiger partial charge < -0.3 is 10.6 Å². The molecule has 0 aliphatic heterocycles. The molecule has 1 heterocycles. The van der Waals surface area contributed by atoms with E-state index in [1.54, 1.807) is 0 Å². The average molecular weight is 260 g/mol. The molecule has 3 rings (SSSR count). The summed E-state index contributed by atoms with van der Waals surface area (Å²) in [5.74, 6) is 3.81. The van der Waals surface area contributed by atoms with Crippen molar-refractivity contribution in [3.63, 3.8) is 0 Å². The Morgan fingerprint density at radius 2 is 1.89 bits per heavy atom. The van der Waals surface area contributed by atoms with Crippen LogP contribution < -0.4 is 10.6 Å². The molecule has 19 heavy (non-hydrogen) atoms. The van der Waals surface area contributed by atoms with E-state index < -0.39 is 0 Å². The minimum atomic E-state index is 0.323. The van der Waals surface area contributed by atoms with Crippen molar-refractivity contribution in [3.05, 3.63) is 11.4 Å². The molecule has 1 aromatic rings. The normalized spacial score (nSPS) is 18.9. The maximum Gasteiger partial charge on any atom is 0.137 e. The fourth-order valence-corrected chi connectivity index (χ4v) is 2.45. The van der Waals surface area contributed by atoms with Crippen molar-refractivity contribution in [2.45, 2.75) is 58.4 Å². The van der Waals surface area contributed by atoms with E-state index >= 15 is 0 Å². The van der Waals surface area contributed by atoms with E-state index in [9.17, 15) is 0 Å². The highest BCUT2D eigenvalue weighted by molar-refractivity contribution is 5.58. The molecule has 0 saturated heterocycles. The lowest BCUT2D eigenvalue weighted by molar-refractivity contribution is 0.691. The summed E-state index contributed by atoms with van der Waals surface area (Å²) in [6.45, 7) is 7.45. The van der Waals surface area contributed by atoms with Gasteiger partial charge in [0.1, 0.15) is 17.5 Å². The van der Waals surface area contributed by atoms with E-state index in [-0.39, 0.29) is 0 Å². The predicted molar refractivity (Wildman–Crippen MR) is 78.4 cm³/mol. The van der Waals surface area contributed by atoms with Crippen LogP contribution in [-0.4, -0.2) is 22.6 Å². The van der Waals surface area contributed by atoms with Gasteiger partial charge in [0.25, 0.3) is 0 Å². The molecule has 0 unspecified atom stereocenters. The molecule has 1 aromatic heterocycles. The summed E-state index contributed by atoms with van der Waals surface area (Å²) in [4.78, 5) is 11.7. The highest BCUT2D eigenvalue weighted by Gasteiger charge is 2.35. The minimum absolute atomic E-state index is 0.323. The summed E-state index contributed by atoms with van der Waals surface area (Å²) < 4.78 is 0. The van der Waals surface area contributed by atoms with Crippen molar-refractivity contribution in [2.24, 2.45) is 5.92 Å². The van der Waals surface area contributed by atoms with Gasteiger partial charge in [0.05, 0.1) is 0 Å². The Balaban J connectivity index is 1.95. The van der Waals surface area contributed by atoms with Crippen LogP contribution in [0, 0.1) is 12.8 Å². The molecule has 4 heteroatoms. The Kier molecular flexibility index (Phi) is 3.11. The zero-order valence-electron chi connectivity index (χ0n) is 12.2. The van der Waals surface area contributed by atoms with Crippen LogP contribution in [0.4, 0.5) is 11.6 Å². The Labute approximate surface area is 115 Å². The van der Waals surface area contributed by atoms with Crippen molar-refractivity contribution in [1.82, 2.24) is 9.97 Å². The van der Waals surface area contributed by atoms with Crippen LogP contribution in [0.25, 0.3) is 0 Å². The van der Waals surface area contributed by atoms with Crippen LogP contribution in [-0.2, 0) is 0 Å². The third-order valence-electron chi connectivity index (χ3n) is 4.10. The second-order valence-electron chi connectivity index (χ2n) is 6.40. The summed E-state index contributed by atoms with van der Waals surface area (Å²) in [6.07, 6.45) is 5.35. The second kappa shape index (κ2) is 4.66. The van der Waals surface area contributed by atoms with Crippen LogP contribution in [0.3, 0.4) is 0 Å². The number of nitrogens with zero attached hydrogens (tertiary/aromatic N) is 3. The molecular weight excluding hydrogens is 236 g/mol. The molecule has 0 spiro atoms. The molecule has 4 nitrogen and oxygen atoms in total. The van der Waals surface area contributed by atoms with Crippen LogP contribution in [0.1, 0.15) is 56.8 Å². The highest BCUT2D eigenvalue weighted by atomic mass is 15.3. The number of nitrogens with two attached hydrogens (primary N) is 1. The molecule has 0 amide bonds. The first-order chi connectivity index (χ1) is 9.06. The van der Waals surface area contributed by atoms with E-state index in [0.717, 1.165) is 29.7 Å². The van der Waals surface area contributed by atoms with Crippen molar-refractivity contribution < 1.29 is 0 Å². The average Bonchev–Trinajstić information content (AvgIpc) is 3.23. The van der Waals surface area contributed by atoms with Crippen LogP contribution in [0.15, 0.2) is 0 Å². The van der Waals surface area contributed by atoms with E-state index in [2.05, 4.69) is 30.7 Å². The van der Waals surface area contributed by atoms with E-state index in [4.69, 9.17) is 10.7 Å². The maximum absolute atomic E-state index is 6.09. The first-order valence-electron chi connectivity index (χ1n) is 7.47. The van der Waals surface area contributed by atoms with Crippen LogP contribution >= 0.6 is 0 Å². The largest absolute Gasteiger partial charge is 0.383 e. The number of hydrogen-bond acceptors (Lipinski definition) is 4. The predicted octanol–water partition coefficient (Wildman–Crippen LogP) is 2.87. The Hall–Kier alpha value is -1.32. The van der Waals surface area contributed by atoms with Crippen molar-refractivity contribution in [3.8, 4) is 0 Å². The zero-order chi connectivity index (χ0) is 13.6. The van der Waals surface area contributed by atoms with Gasteiger partial charge in [-0.3, -0.25) is 0 Å². The smallest absolute Gasteiger partial charge is 0.137 e. The topological polar surface area (TPSA) is 55.0 Å². The minimum Gasteiger partial charge on any atom is -0.383 e. The van der Waals surface area contributed by atoms with Gasteiger partial charge in [0, 0.05) is 24.1 Å². The van der Waals surface area contributed by atoms with Gasteiger partial charge in [-0.1, -0.05) is 13.8 Å². The second-order valence-corrected chi connectivity index (χ2v) is 6.40. The molecule has 2 aliphatic rings. The standard InChI is InChI=1S/C15H24N4/c1-9(2)14-17-13(16)10(3)15(18-14)19(12-6-7-12)8-11-4-5-11/h9,11-12H,4-8H2,1-3H3,(H2,16,17,18). The van der Waals surface area contributed by atoms with E-state index in [1.165, 1.54) is 25.7 Å². The Bertz CT molecular complexity index is 475. The van der Waals surface area contributed by atoms with Crippen LogP contribution in [0.2, 0.25) is 0 Å². The van der Waals surface area contributed by atoms with Gasteiger partial charge >= 0.3 is 0 Å². The van der Waals surface area contributed by atoms with Crippen LogP contribution in [0.5, 0.6) is 0 Å². The summed E-state index contributed by atoms with van der Waals surface area (Å²) in [6, 6.07) is 0.689. The summed E-state index contributed by atoms with van der Waals surface area (Å²) in [5, 5.41) is 0. The molecule has 2 N–H and O–H groups in total. The molecule has 0 aromatic carbocycles. The molecular formula is C15H24N4. The quantitative estimate of drug-likeness (QED) is 0.884. The molecule has 0 radical (unpaired) electrons. The van der Waals surface area contributed by atoms with Gasteiger partial charge in [-0.15, -0.1) is 0 Å². The molecule has 0 bridgehead atoms. The molecule has 104 valence electrons. The van der Waals surface area contributed by atoms with Gasteiger partial charge in [-0.25, -0.2) is 9.97 Å². The number of aromatic nitrogens is 2. The Morgan fingerprint density at radius 3 is 2.42 bits per heavy atom. The Morgan fingerprint density at radius 1 is 1.21 bits per heavy atom. The maximum atomic E-state index is 6.09. The number of rotatable bonds is 5. The van der Waals surface area contributed by atoms with Gasteiger partial charge in [0.2, 0.25) is 0 Å². The van der Waals surface area contributed by atoms with Gasteiger partial charge in [0.15, 0.2) is 0 Å². The lowest BCUT2D eigenvalue weighted by Crippen LogP contribution is -2.30. The molecule has 2 aliphatic carbocycles. The molecule has 2 saturated carbocycles. The van der Waals surface area contributed by atoms with Crippen molar-refractivity contribution in [1.29, 1.82) is 0 Å². The first kappa shape index (κ1) is 12.7. The SMILES string of the molecule is Cc1c(N)nc(C(C)C)nc1N(CC1CC1)C1CC1. The fraction of sp³-hybridized carbons (Fsp3) is 0.733. The molecule has 0 atom stereocenters. The summed E-state index contributed by atoms with van der Waals surface area (Å²) in [7, 11) is 0. The highest BCUT2D eigenvalue weighted by Crippen LogP contribution is 2.39.